The second-order valence-corrected chi connectivity index (χ2v) is 4.44. The topological polar surface area (TPSA) is 64.4 Å². The highest BCUT2D eigenvalue weighted by molar-refractivity contribution is 5.88. The Morgan fingerprint density at radius 3 is 2.68 bits per heavy atom. The zero-order chi connectivity index (χ0) is 14.4. The summed E-state index contributed by atoms with van der Waals surface area (Å²) in [6, 6.07) is 0.123. The van der Waals surface area contributed by atoms with Crippen molar-refractivity contribution in [1.29, 1.82) is 0 Å². The fourth-order valence-electron chi connectivity index (χ4n) is 2.07. The van der Waals surface area contributed by atoms with Crippen LogP contribution in [0.25, 0.3) is 0 Å². The molecule has 0 aromatic carbocycles. The fraction of sp³-hybridized carbons (Fsp3) is 0.571. The van der Waals surface area contributed by atoms with E-state index in [1.165, 1.54) is 7.11 Å². The molecule has 1 N–H and O–H groups in total. The molecule has 0 spiro atoms. The Morgan fingerprint density at radius 2 is 2.21 bits per heavy atom. The standard InChI is InChI=1S/C14H22N2O3/c1-6-12(14(17)18-5)7-8-15-9(2)13-10(3)16-19-11(13)4/h7,9,15H,6,8H2,1-5H3. The van der Waals surface area contributed by atoms with E-state index in [1.54, 1.807) is 0 Å². The highest BCUT2D eigenvalue weighted by atomic mass is 16.5. The summed E-state index contributed by atoms with van der Waals surface area (Å²) in [6.07, 6.45) is 2.52. The summed E-state index contributed by atoms with van der Waals surface area (Å²) in [5.41, 5.74) is 2.65. The Labute approximate surface area is 114 Å². The molecule has 1 aromatic rings. The third-order valence-electron chi connectivity index (χ3n) is 3.12. The lowest BCUT2D eigenvalue weighted by molar-refractivity contribution is -0.136. The van der Waals surface area contributed by atoms with Crippen molar-refractivity contribution in [2.75, 3.05) is 13.7 Å². The number of esters is 1. The molecule has 1 aromatic heterocycles. The number of hydrogen-bond donors (Lipinski definition) is 1. The van der Waals surface area contributed by atoms with Crippen molar-refractivity contribution >= 4 is 5.97 Å². The summed E-state index contributed by atoms with van der Waals surface area (Å²) in [7, 11) is 1.39. The molecule has 1 heterocycles. The summed E-state index contributed by atoms with van der Waals surface area (Å²) in [5, 5.41) is 7.26. The number of hydrogen-bond acceptors (Lipinski definition) is 5. The molecule has 0 aliphatic rings. The zero-order valence-corrected chi connectivity index (χ0v) is 12.2. The van der Waals surface area contributed by atoms with E-state index in [2.05, 4.69) is 10.5 Å². The van der Waals surface area contributed by atoms with Gasteiger partial charge in [-0.15, -0.1) is 0 Å². The molecular weight excluding hydrogens is 244 g/mol. The first-order chi connectivity index (χ1) is 9.01. The monoisotopic (exact) mass is 266 g/mol. The Morgan fingerprint density at radius 1 is 1.53 bits per heavy atom. The molecule has 5 heteroatoms. The van der Waals surface area contributed by atoms with Crippen LogP contribution in [-0.2, 0) is 9.53 Å². The molecule has 0 fully saturated rings. The van der Waals surface area contributed by atoms with Crippen LogP contribution in [0.1, 0.15) is 43.3 Å². The Hall–Kier alpha value is -1.62. The van der Waals surface area contributed by atoms with E-state index in [4.69, 9.17) is 9.26 Å². The molecule has 1 unspecified atom stereocenters. The third kappa shape index (κ3) is 3.92. The van der Waals surface area contributed by atoms with Crippen LogP contribution >= 0.6 is 0 Å². The van der Waals surface area contributed by atoms with Gasteiger partial charge in [-0.25, -0.2) is 4.79 Å². The second-order valence-electron chi connectivity index (χ2n) is 4.44. The van der Waals surface area contributed by atoms with Gasteiger partial charge in [-0.3, -0.25) is 0 Å². The van der Waals surface area contributed by atoms with E-state index in [0.717, 1.165) is 17.0 Å². The summed E-state index contributed by atoms with van der Waals surface area (Å²) in [4.78, 5) is 11.4. The number of ether oxygens (including phenoxy) is 1. The molecule has 0 aliphatic carbocycles. The molecule has 0 bridgehead atoms. The van der Waals surface area contributed by atoms with Gasteiger partial charge in [-0.2, -0.15) is 0 Å². The maximum absolute atomic E-state index is 11.4. The van der Waals surface area contributed by atoms with Gasteiger partial charge < -0.3 is 14.6 Å². The van der Waals surface area contributed by atoms with Crippen molar-refractivity contribution in [2.24, 2.45) is 0 Å². The van der Waals surface area contributed by atoms with Gasteiger partial charge in [0.1, 0.15) is 5.76 Å². The van der Waals surface area contributed by atoms with Gasteiger partial charge in [0.2, 0.25) is 0 Å². The molecule has 5 nitrogen and oxygen atoms in total. The van der Waals surface area contributed by atoms with Crippen LogP contribution in [0.3, 0.4) is 0 Å². The number of carbonyl (C=O) groups excluding carboxylic acids is 1. The van der Waals surface area contributed by atoms with Crippen LogP contribution in [-0.4, -0.2) is 24.8 Å². The molecule has 106 valence electrons. The van der Waals surface area contributed by atoms with Crippen LogP contribution in [0.15, 0.2) is 16.2 Å². The predicted octanol–water partition coefficient (Wildman–Crippen LogP) is 2.45. The first-order valence-electron chi connectivity index (χ1n) is 6.44. The van der Waals surface area contributed by atoms with Crippen LogP contribution in [0, 0.1) is 13.8 Å². The summed E-state index contributed by atoms with van der Waals surface area (Å²) in [6.45, 7) is 8.40. The van der Waals surface area contributed by atoms with Crippen molar-refractivity contribution in [3.8, 4) is 0 Å². The van der Waals surface area contributed by atoms with Gasteiger partial charge in [-0.05, 0) is 27.2 Å². The van der Waals surface area contributed by atoms with Gasteiger partial charge in [0.25, 0.3) is 0 Å². The maximum atomic E-state index is 11.4. The lowest BCUT2D eigenvalue weighted by Crippen LogP contribution is -2.20. The van der Waals surface area contributed by atoms with Crippen LogP contribution in [0.4, 0.5) is 0 Å². The molecule has 0 saturated carbocycles. The average Bonchev–Trinajstić information content (AvgIpc) is 2.73. The lowest BCUT2D eigenvalue weighted by atomic mass is 10.1. The molecule has 1 atom stereocenters. The van der Waals surface area contributed by atoms with E-state index in [0.29, 0.717) is 18.5 Å². The first kappa shape index (κ1) is 15.4. The maximum Gasteiger partial charge on any atom is 0.333 e. The Kier molecular flexibility index (Phi) is 5.76. The molecule has 0 saturated heterocycles. The van der Waals surface area contributed by atoms with Gasteiger partial charge in [-0.1, -0.05) is 18.2 Å². The number of aromatic nitrogens is 1. The van der Waals surface area contributed by atoms with Gasteiger partial charge in [0.15, 0.2) is 0 Å². The van der Waals surface area contributed by atoms with Crippen molar-refractivity contribution in [2.45, 2.75) is 40.2 Å². The Balaban J connectivity index is 2.62. The van der Waals surface area contributed by atoms with Crippen LogP contribution < -0.4 is 5.32 Å². The van der Waals surface area contributed by atoms with Crippen molar-refractivity contribution < 1.29 is 14.1 Å². The van der Waals surface area contributed by atoms with Gasteiger partial charge in [0, 0.05) is 23.7 Å². The third-order valence-corrected chi connectivity index (χ3v) is 3.12. The predicted molar refractivity (Wildman–Crippen MR) is 72.8 cm³/mol. The minimum absolute atomic E-state index is 0.123. The minimum Gasteiger partial charge on any atom is -0.466 e. The lowest BCUT2D eigenvalue weighted by Gasteiger charge is -2.12. The minimum atomic E-state index is -0.269. The number of methoxy groups -OCH3 is 1. The molecule has 19 heavy (non-hydrogen) atoms. The average molecular weight is 266 g/mol. The number of nitrogens with zero attached hydrogens (tertiary/aromatic N) is 1. The van der Waals surface area contributed by atoms with Crippen molar-refractivity contribution in [3.63, 3.8) is 0 Å². The van der Waals surface area contributed by atoms with Crippen LogP contribution in [0.2, 0.25) is 0 Å². The van der Waals surface area contributed by atoms with Crippen molar-refractivity contribution in [1.82, 2.24) is 10.5 Å². The number of carbonyl (C=O) groups is 1. The normalized spacial score (nSPS) is 13.4. The molecule has 1 rings (SSSR count). The summed E-state index contributed by atoms with van der Waals surface area (Å²) in [5.74, 6) is 0.555. The summed E-state index contributed by atoms with van der Waals surface area (Å²) < 4.78 is 9.85. The zero-order valence-electron chi connectivity index (χ0n) is 12.2. The quantitative estimate of drug-likeness (QED) is 0.633. The number of rotatable bonds is 6. The largest absolute Gasteiger partial charge is 0.466 e. The van der Waals surface area contributed by atoms with E-state index in [-0.39, 0.29) is 12.0 Å². The molecule has 0 aliphatic heterocycles. The van der Waals surface area contributed by atoms with Crippen LogP contribution in [0.5, 0.6) is 0 Å². The first-order valence-corrected chi connectivity index (χ1v) is 6.44. The smallest absolute Gasteiger partial charge is 0.333 e. The number of aryl methyl sites for hydroxylation is 2. The summed E-state index contributed by atoms with van der Waals surface area (Å²) >= 11 is 0. The SMILES string of the molecule is CCC(=CCNC(C)c1c(C)noc1C)C(=O)OC. The number of nitrogens with one attached hydrogen (secondary N) is 1. The van der Waals surface area contributed by atoms with E-state index < -0.39 is 0 Å². The highest BCUT2D eigenvalue weighted by Gasteiger charge is 2.15. The van der Waals surface area contributed by atoms with E-state index in [9.17, 15) is 4.79 Å². The van der Waals surface area contributed by atoms with E-state index >= 15 is 0 Å². The fourth-order valence-corrected chi connectivity index (χ4v) is 2.07. The molecule has 0 radical (unpaired) electrons. The second kappa shape index (κ2) is 7.09. The molecular formula is C14H22N2O3. The van der Waals surface area contributed by atoms with Gasteiger partial charge in [0.05, 0.1) is 12.8 Å². The highest BCUT2D eigenvalue weighted by Crippen LogP contribution is 2.20. The van der Waals surface area contributed by atoms with E-state index in [1.807, 2.05) is 33.8 Å². The molecule has 0 amide bonds. The van der Waals surface area contributed by atoms with Gasteiger partial charge >= 0.3 is 5.97 Å². The Bertz CT molecular complexity index is 444. The van der Waals surface area contributed by atoms with Crippen molar-refractivity contribution in [3.05, 3.63) is 28.7 Å².